The van der Waals surface area contributed by atoms with E-state index in [4.69, 9.17) is 14.2 Å². The molecule has 0 amide bonds. The second-order valence-corrected chi connectivity index (χ2v) is 14.4. The van der Waals surface area contributed by atoms with E-state index in [1.54, 1.807) is 0 Å². The Morgan fingerprint density at radius 1 is 0.396 bits per heavy atom. The fraction of sp³-hybridized carbons (Fsp3) is 0.723. The number of hydrogen-bond acceptors (Lipinski definition) is 6. The average molecular weight is 741 g/mol. The zero-order valence-electron chi connectivity index (χ0n) is 34.5. The van der Waals surface area contributed by atoms with Gasteiger partial charge in [0.25, 0.3) is 0 Å². The Morgan fingerprint density at radius 3 is 1.15 bits per heavy atom. The topological polar surface area (TPSA) is 78.9 Å². The fourth-order valence-electron chi connectivity index (χ4n) is 5.87. The van der Waals surface area contributed by atoms with Crippen molar-refractivity contribution in [2.75, 3.05) is 13.2 Å². The first kappa shape index (κ1) is 50.1. The lowest BCUT2D eigenvalue weighted by molar-refractivity contribution is -0.167. The first-order chi connectivity index (χ1) is 26.0. The molecule has 1 unspecified atom stereocenters. The van der Waals surface area contributed by atoms with Crippen LogP contribution < -0.4 is 0 Å². The normalized spacial score (nSPS) is 12.6. The molecule has 0 aromatic carbocycles. The van der Waals surface area contributed by atoms with Gasteiger partial charge in [0.05, 0.1) is 0 Å². The Balaban J connectivity index is 4.44. The van der Waals surface area contributed by atoms with Crippen LogP contribution in [0, 0.1) is 0 Å². The number of carbonyl (C=O) groups is 3. The lowest BCUT2D eigenvalue weighted by atomic mass is 10.1. The smallest absolute Gasteiger partial charge is 0.306 e. The number of allylic oxidation sites excluding steroid dienone is 10. The quantitative estimate of drug-likeness (QED) is 0.0271. The van der Waals surface area contributed by atoms with Gasteiger partial charge in [-0.05, 0) is 38.5 Å². The highest BCUT2D eigenvalue weighted by molar-refractivity contribution is 5.71. The molecule has 0 aliphatic rings. The Hall–Kier alpha value is -2.89. The summed E-state index contributed by atoms with van der Waals surface area (Å²) < 4.78 is 16.6. The molecule has 0 bridgehead atoms. The van der Waals surface area contributed by atoms with Crippen LogP contribution in [-0.4, -0.2) is 37.2 Å². The number of carbonyl (C=O) groups excluding carboxylic acids is 3. The third-order valence-electron chi connectivity index (χ3n) is 9.16. The van der Waals surface area contributed by atoms with E-state index >= 15 is 0 Å². The van der Waals surface area contributed by atoms with E-state index in [0.717, 1.165) is 70.6 Å². The van der Waals surface area contributed by atoms with Crippen LogP contribution in [0.25, 0.3) is 0 Å². The largest absolute Gasteiger partial charge is 0.462 e. The van der Waals surface area contributed by atoms with Gasteiger partial charge in [0.2, 0.25) is 0 Å². The van der Waals surface area contributed by atoms with Gasteiger partial charge >= 0.3 is 17.9 Å². The van der Waals surface area contributed by atoms with Crippen LogP contribution in [-0.2, 0) is 28.6 Å². The standard InChI is InChI=1S/C47H80O6/c1-4-7-10-13-16-19-22-23-24-25-26-29-31-34-37-40-46(49)52-43-44(53-47(50)41-38-35-32-28-21-18-15-12-9-6-3)42-51-45(48)39-36-33-30-27-20-17-14-11-8-5-2/h7,10,13,16,19,22-26,44H,4-6,8-9,11-12,14-15,17-18,20-21,27-43H2,1-3H3/b10-7-,16-13-,22-19-,24-23-,26-25-. The number of esters is 3. The molecule has 0 saturated carbocycles. The van der Waals surface area contributed by atoms with E-state index in [-0.39, 0.29) is 31.1 Å². The maximum Gasteiger partial charge on any atom is 0.306 e. The Morgan fingerprint density at radius 2 is 0.736 bits per heavy atom. The summed E-state index contributed by atoms with van der Waals surface area (Å²) >= 11 is 0. The fourth-order valence-corrected chi connectivity index (χ4v) is 5.87. The van der Waals surface area contributed by atoms with Crippen molar-refractivity contribution < 1.29 is 28.6 Å². The van der Waals surface area contributed by atoms with Crippen molar-refractivity contribution in [1.82, 2.24) is 0 Å². The molecule has 0 aliphatic carbocycles. The molecule has 0 aromatic rings. The molecule has 0 aliphatic heterocycles. The third-order valence-corrected chi connectivity index (χ3v) is 9.16. The van der Waals surface area contributed by atoms with E-state index in [9.17, 15) is 14.4 Å². The maximum absolute atomic E-state index is 12.7. The van der Waals surface area contributed by atoms with Crippen molar-refractivity contribution in [3.8, 4) is 0 Å². The predicted molar refractivity (Wildman–Crippen MR) is 224 cm³/mol. The Bertz CT molecular complexity index is 991. The van der Waals surface area contributed by atoms with Gasteiger partial charge in [-0.25, -0.2) is 0 Å². The van der Waals surface area contributed by atoms with Crippen LogP contribution >= 0.6 is 0 Å². The van der Waals surface area contributed by atoms with Crippen LogP contribution in [0.15, 0.2) is 60.8 Å². The minimum absolute atomic E-state index is 0.0861. The van der Waals surface area contributed by atoms with E-state index in [0.29, 0.717) is 19.3 Å². The van der Waals surface area contributed by atoms with Crippen molar-refractivity contribution in [2.45, 2.75) is 207 Å². The molecule has 6 heteroatoms. The molecule has 0 spiro atoms. The van der Waals surface area contributed by atoms with Gasteiger partial charge < -0.3 is 14.2 Å². The minimum Gasteiger partial charge on any atom is -0.462 e. The molecular weight excluding hydrogens is 661 g/mol. The number of rotatable bonds is 38. The van der Waals surface area contributed by atoms with Gasteiger partial charge in [-0.3, -0.25) is 14.4 Å². The molecule has 0 aromatic heterocycles. The van der Waals surface area contributed by atoms with Gasteiger partial charge in [-0.15, -0.1) is 0 Å². The highest BCUT2D eigenvalue weighted by Gasteiger charge is 2.19. The van der Waals surface area contributed by atoms with Gasteiger partial charge in [0, 0.05) is 19.3 Å². The summed E-state index contributed by atoms with van der Waals surface area (Å²) in [6.07, 6.45) is 49.1. The second-order valence-electron chi connectivity index (χ2n) is 14.4. The summed E-state index contributed by atoms with van der Waals surface area (Å²) in [5.74, 6) is -0.936. The summed E-state index contributed by atoms with van der Waals surface area (Å²) in [4.78, 5) is 37.6. The lowest BCUT2D eigenvalue weighted by Crippen LogP contribution is -2.30. The molecule has 0 radical (unpaired) electrons. The van der Waals surface area contributed by atoms with E-state index < -0.39 is 6.10 Å². The predicted octanol–water partition coefficient (Wildman–Crippen LogP) is 13.7. The van der Waals surface area contributed by atoms with Crippen molar-refractivity contribution in [3.05, 3.63) is 60.8 Å². The second kappa shape index (κ2) is 41.9. The third kappa shape index (κ3) is 40.1. The van der Waals surface area contributed by atoms with Gasteiger partial charge in [0.1, 0.15) is 13.2 Å². The zero-order chi connectivity index (χ0) is 38.7. The van der Waals surface area contributed by atoms with Crippen molar-refractivity contribution in [3.63, 3.8) is 0 Å². The SMILES string of the molecule is CC\C=C/C=C\C=C/C=C\C=C/CCCCCC(=O)OCC(COC(=O)CCCCCCCCCCCC)OC(=O)CCCCCCCCCCCC. The molecule has 0 saturated heterocycles. The van der Waals surface area contributed by atoms with Gasteiger partial charge in [-0.1, -0.05) is 204 Å². The maximum atomic E-state index is 12.7. The summed E-state index contributed by atoms with van der Waals surface area (Å²) in [6, 6.07) is 0. The van der Waals surface area contributed by atoms with Crippen molar-refractivity contribution >= 4 is 17.9 Å². The lowest BCUT2D eigenvalue weighted by Gasteiger charge is -2.18. The summed E-state index contributed by atoms with van der Waals surface area (Å²) in [5.41, 5.74) is 0. The Labute approximate surface area is 326 Å². The molecule has 1 atom stereocenters. The summed E-state index contributed by atoms with van der Waals surface area (Å²) in [6.45, 7) is 6.41. The van der Waals surface area contributed by atoms with Crippen molar-refractivity contribution in [1.29, 1.82) is 0 Å². The molecule has 53 heavy (non-hydrogen) atoms. The molecule has 304 valence electrons. The molecule has 6 nitrogen and oxygen atoms in total. The van der Waals surface area contributed by atoms with Crippen LogP contribution in [0.3, 0.4) is 0 Å². The van der Waals surface area contributed by atoms with E-state index in [1.165, 1.54) is 89.9 Å². The first-order valence-electron chi connectivity index (χ1n) is 21.9. The van der Waals surface area contributed by atoms with E-state index in [2.05, 4.69) is 32.9 Å². The number of hydrogen-bond donors (Lipinski definition) is 0. The van der Waals surface area contributed by atoms with Crippen LogP contribution in [0.4, 0.5) is 0 Å². The highest BCUT2D eigenvalue weighted by Crippen LogP contribution is 2.14. The van der Waals surface area contributed by atoms with Crippen LogP contribution in [0.1, 0.15) is 201 Å². The van der Waals surface area contributed by atoms with Gasteiger partial charge in [-0.2, -0.15) is 0 Å². The van der Waals surface area contributed by atoms with Crippen LogP contribution in [0.5, 0.6) is 0 Å². The molecule has 0 heterocycles. The summed E-state index contributed by atoms with van der Waals surface area (Å²) in [7, 11) is 0. The number of ether oxygens (including phenoxy) is 3. The summed E-state index contributed by atoms with van der Waals surface area (Å²) in [5, 5.41) is 0. The Kier molecular flexibility index (Phi) is 39.6. The number of unbranched alkanes of at least 4 members (excludes halogenated alkanes) is 21. The van der Waals surface area contributed by atoms with Crippen LogP contribution in [0.2, 0.25) is 0 Å². The van der Waals surface area contributed by atoms with Crippen molar-refractivity contribution in [2.24, 2.45) is 0 Å². The molecule has 0 fully saturated rings. The average Bonchev–Trinajstić information content (AvgIpc) is 3.15. The molecule has 0 rings (SSSR count). The van der Waals surface area contributed by atoms with Gasteiger partial charge in [0.15, 0.2) is 6.10 Å². The minimum atomic E-state index is -0.784. The first-order valence-corrected chi connectivity index (χ1v) is 21.9. The molecule has 0 N–H and O–H groups in total. The molecular formula is C47H80O6. The monoisotopic (exact) mass is 741 g/mol. The zero-order valence-corrected chi connectivity index (χ0v) is 34.5. The van der Waals surface area contributed by atoms with E-state index in [1.807, 2.05) is 48.6 Å². The highest BCUT2D eigenvalue weighted by atomic mass is 16.6.